The zero-order valence-electron chi connectivity index (χ0n) is 16.0. The van der Waals surface area contributed by atoms with Crippen LogP contribution in [0.4, 0.5) is 0 Å². The van der Waals surface area contributed by atoms with E-state index in [2.05, 4.69) is 26.5 Å². The normalized spacial score (nSPS) is 16.3. The summed E-state index contributed by atoms with van der Waals surface area (Å²) >= 11 is 3.42. The quantitative estimate of drug-likeness (QED) is 0.450. The fraction of sp³-hybridized carbons (Fsp3) is 0.421. The highest BCUT2D eigenvalue weighted by Gasteiger charge is 2.37. The van der Waals surface area contributed by atoms with E-state index in [-0.39, 0.29) is 32.1 Å². The minimum absolute atomic E-state index is 0.0681. The van der Waals surface area contributed by atoms with Gasteiger partial charge < -0.3 is 18.9 Å². The van der Waals surface area contributed by atoms with Crippen LogP contribution in [0, 0.1) is 0 Å². The number of nitrogens with zero attached hydrogens (tertiary/aromatic N) is 1. The van der Waals surface area contributed by atoms with Crippen LogP contribution in [0.2, 0.25) is 0 Å². The zero-order valence-corrected chi connectivity index (χ0v) is 17.6. The molecule has 0 bridgehead atoms. The van der Waals surface area contributed by atoms with Crippen molar-refractivity contribution in [1.82, 2.24) is 5.43 Å². The molecule has 8 nitrogen and oxygen atoms in total. The van der Waals surface area contributed by atoms with Crippen LogP contribution in [0.15, 0.2) is 45.1 Å². The molecule has 152 valence electrons. The van der Waals surface area contributed by atoms with E-state index in [0.29, 0.717) is 16.8 Å². The summed E-state index contributed by atoms with van der Waals surface area (Å²) in [5, 5.41) is 4.15. The van der Waals surface area contributed by atoms with Crippen LogP contribution in [-0.4, -0.2) is 58.3 Å². The molecule has 1 heterocycles. The molecule has 1 aliphatic heterocycles. The van der Waals surface area contributed by atoms with Crippen molar-refractivity contribution in [2.45, 2.75) is 12.8 Å². The van der Waals surface area contributed by atoms with Gasteiger partial charge in [0.25, 0.3) is 0 Å². The van der Waals surface area contributed by atoms with E-state index in [1.165, 1.54) is 14.2 Å². The van der Waals surface area contributed by atoms with Crippen molar-refractivity contribution in [3.63, 3.8) is 0 Å². The Labute approximate surface area is 172 Å². The molecule has 1 unspecified atom stereocenters. The first kappa shape index (κ1) is 22.1. The molecule has 1 atom stereocenters. The summed E-state index contributed by atoms with van der Waals surface area (Å²) in [6, 6.07) is 7.31. The second kappa shape index (κ2) is 10.9. The van der Waals surface area contributed by atoms with Crippen LogP contribution < -0.4 is 5.43 Å². The van der Waals surface area contributed by atoms with E-state index >= 15 is 0 Å². The third-order valence-electron chi connectivity index (χ3n) is 3.96. The fourth-order valence-electron chi connectivity index (χ4n) is 2.65. The lowest BCUT2D eigenvalue weighted by Crippen LogP contribution is -2.36. The van der Waals surface area contributed by atoms with Crippen molar-refractivity contribution < 1.29 is 28.5 Å². The number of esters is 2. The number of ether oxygens (including phenoxy) is 4. The summed E-state index contributed by atoms with van der Waals surface area (Å²) in [5.41, 5.74) is 4.30. The minimum atomic E-state index is -0.733. The second-order valence-electron chi connectivity index (χ2n) is 5.89. The fourth-order valence-corrected chi connectivity index (χ4v) is 3.07. The molecule has 0 amide bonds. The average Bonchev–Trinajstić information content (AvgIpc) is 2.67. The summed E-state index contributed by atoms with van der Waals surface area (Å²) in [5.74, 6) is -1.92. The first-order valence-corrected chi connectivity index (χ1v) is 9.40. The van der Waals surface area contributed by atoms with Gasteiger partial charge in [-0.1, -0.05) is 28.1 Å². The van der Waals surface area contributed by atoms with Gasteiger partial charge in [0.15, 0.2) is 5.71 Å². The minimum Gasteiger partial charge on any atom is -0.460 e. The van der Waals surface area contributed by atoms with Crippen molar-refractivity contribution in [1.29, 1.82) is 0 Å². The van der Waals surface area contributed by atoms with Crippen molar-refractivity contribution in [2.75, 3.05) is 40.6 Å². The largest absolute Gasteiger partial charge is 0.460 e. The number of hydrogen-bond donors (Lipinski definition) is 1. The maximum Gasteiger partial charge on any atom is 0.355 e. The topological polar surface area (TPSA) is 95.5 Å². The highest BCUT2D eigenvalue weighted by atomic mass is 79.9. The number of hydrogen-bond acceptors (Lipinski definition) is 8. The molecule has 1 aliphatic rings. The van der Waals surface area contributed by atoms with Crippen molar-refractivity contribution >= 4 is 33.6 Å². The Bertz CT molecular complexity index is 777. The lowest BCUT2D eigenvalue weighted by Gasteiger charge is -2.26. The van der Waals surface area contributed by atoms with Crippen LogP contribution in [0.3, 0.4) is 0 Å². The lowest BCUT2D eigenvalue weighted by atomic mass is 9.85. The van der Waals surface area contributed by atoms with E-state index < -0.39 is 17.9 Å². The lowest BCUT2D eigenvalue weighted by molar-refractivity contribution is -0.140. The number of methoxy groups -OCH3 is 2. The van der Waals surface area contributed by atoms with Gasteiger partial charge >= 0.3 is 11.9 Å². The van der Waals surface area contributed by atoms with Crippen LogP contribution in [-0.2, 0) is 28.5 Å². The third kappa shape index (κ3) is 5.63. The number of rotatable bonds is 9. The summed E-state index contributed by atoms with van der Waals surface area (Å²) in [6.07, 6.45) is 0. The highest BCUT2D eigenvalue weighted by Crippen LogP contribution is 2.33. The Hall–Kier alpha value is -2.23. The zero-order chi connectivity index (χ0) is 20.5. The van der Waals surface area contributed by atoms with E-state index in [4.69, 9.17) is 18.9 Å². The molecule has 0 radical (unpaired) electrons. The number of nitrogens with one attached hydrogen (secondary N) is 1. The number of carbonyl (C=O) groups is 2. The van der Waals surface area contributed by atoms with Gasteiger partial charge in [0, 0.05) is 24.4 Å². The van der Waals surface area contributed by atoms with Gasteiger partial charge in [-0.15, -0.1) is 0 Å². The number of halogens is 1. The number of benzene rings is 1. The summed E-state index contributed by atoms with van der Waals surface area (Å²) in [6.45, 7) is 2.41. The first-order chi connectivity index (χ1) is 13.5. The third-order valence-corrected chi connectivity index (χ3v) is 4.46. The Morgan fingerprint density at radius 2 is 1.71 bits per heavy atom. The molecular formula is C19H23BrN2O6. The average molecular weight is 455 g/mol. The maximum absolute atomic E-state index is 12.8. The van der Waals surface area contributed by atoms with Gasteiger partial charge in [-0.25, -0.2) is 9.59 Å². The van der Waals surface area contributed by atoms with Crippen LogP contribution in [0.5, 0.6) is 0 Å². The molecular weight excluding hydrogens is 432 g/mol. The van der Waals surface area contributed by atoms with Gasteiger partial charge in [0.2, 0.25) is 0 Å². The van der Waals surface area contributed by atoms with Crippen LogP contribution in [0.25, 0.3) is 0 Å². The van der Waals surface area contributed by atoms with Crippen molar-refractivity contribution in [3.05, 3.63) is 45.6 Å². The van der Waals surface area contributed by atoms with E-state index in [9.17, 15) is 9.59 Å². The molecule has 1 aromatic rings. The molecule has 0 aromatic heterocycles. The van der Waals surface area contributed by atoms with Crippen molar-refractivity contribution in [2.24, 2.45) is 5.10 Å². The number of carbonyl (C=O) groups excluding carboxylic acids is 2. The molecule has 0 fully saturated rings. The Morgan fingerprint density at radius 1 is 1.07 bits per heavy atom. The molecule has 0 aliphatic carbocycles. The monoisotopic (exact) mass is 454 g/mol. The summed E-state index contributed by atoms with van der Waals surface area (Å²) in [7, 11) is 3.03. The molecule has 0 spiro atoms. The predicted octanol–water partition coefficient (Wildman–Crippen LogP) is 2.15. The number of allylic oxidation sites excluding steroid dienone is 1. The smallest absolute Gasteiger partial charge is 0.355 e. The maximum atomic E-state index is 12.8. The Kier molecular flexibility index (Phi) is 8.62. The van der Waals surface area contributed by atoms with Gasteiger partial charge in [-0.05, 0) is 24.6 Å². The molecule has 9 heteroatoms. The summed E-state index contributed by atoms with van der Waals surface area (Å²) in [4.78, 5) is 25.4. The highest BCUT2D eigenvalue weighted by molar-refractivity contribution is 9.10. The van der Waals surface area contributed by atoms with Crippen LogP contribution >= 0.6 is 15.9 Å². The van der Waals surface area contributed by atoms with Gasteiger partial charge in [-0.3, -0.25) is 5.43 Å². The first-order valence-electron chi connectivity index (χ1n) is 8.61. The molecule has 28 heavy (non-hydrogen) atoms. The van der Waals surface area contributed by atoms with Crippen molar-refractivity contribution in [3.8, 4) is 0 Å². The number of hydrazone groups is 1. The SMILES string of the molecule is COCCOC(=O)C1=NNC(C)=C(C(=O)OCCOC)C1c1cccc(Br)c1. The molecule has 1 N–H and O–H groups in total. The Balaban J connectivity index is 2.38. The van der Waals surface area contributed by atoms with Crippen LogP contribution in [0.1, 0.15) is 18.4 Å². The molecule has 0 saturated carbocycles. The molecule has 1 aromatic carbocycles. The summed E-state index contributed by atoms with van der Waals surface area (Å²) < 4.78 is 21.2. The second-order valence-corrected chi connectivity index (χ2v) is 6.81. The van der Waals surface area contributed by atoms with Gasteiger partial charge in [-0.2, -0.15) is 5.10 Å². The van der Waals surface area contributed by atoms with E-state index in [1.807, 2.05) is 24.3 Å². The Morgan fingerprint density at radius 3 is 2.32 bits per heavy atom. The van der Waals surface area contributed by atoms with E-state index in [0.717, 1.165) is 4.47 Å². The van der Waals surface area contributed by atoms with Gasteiger partial charge in [0.1, 0.15) is 13.2 Å². The standard InChI is InChI=1S/C19H23BrN2O6/c1-12-15(18(23)27-9-7-25-2)16(13-5-4-6-14(20)11-13)17(22-21-12)19(24)28-10-8-26-3/h4-6,11,16,21H,7-10H2,1-3H3. The molecule has 2 rings (SSSR count). The predicted molar refractivity (Wildman–Crippen MR) is 106 cm³/mol. The van der Waals surface area contributed by atoms with E-state index in [1.54, 1.807) is 6.92 Å². The molecule has 0 saturated heterocycles. The van der Waals surface area contributed by atoms with Gasteiger partial charge in [0.05, 0.1) is 24.7 Å².